The molecule has 1 aromatic heterocycles. The molecule has 1 heterocycles. The fourth-order valence-corrected chi connectivity index (χ4v) is 3.42. The number of nitrogens with zero attached hydrogens (tertiary/aromatic N) is 2. The molecule has 0 saturated carbocycles. The first-order valence-electron chi connectivity index (χ1n) is 8.43. The van der Waals surface area contributed by atoms with Crippen molar-refractivity contribution in [2.75, 3.05) is 18.2 Å². The molecule has 8 heteroatoms. The Balaban J connectivity index is 1.75. The van der Waals surface area contributed by atoms with Crippen molar-refractivity contribution in [3.05, 3.63) is 71.0 Å². The molecule has 2 aromatic carbocycles. The van der Waals surface area contributed by atoms with Crippen LogP contribution in [0.1, 0.15) is 5.56 Å². The van der Waals surface area contributed by atoms with Gasteiger partial charge in [-0.25, -0.2) is 9.37 Å². The van der Waals surface area contributed by atoms with E-state index in [1.165, 1.54) is 12.1 Å². The van der Waals surface area contributed by atoms with Crippen LogP contribution >= 0.6 is 23.4 Å². The summed E-state index contributed by atoms with van der Waals surface area (Å²) in [5.41, 5.74) is 1.86. The number of carbonyl (C=O) groups excluding carboxylic acids is 1. The molecule has 0 saturated heterocycles. The maximum absolute atomic E-state index is 13.8. The number of rotatable bonds is 6. The molecular formula is C21H15ClFN3O2S. The van der Waals surface area contributed by atoms with E-state index in [0.717, 1.165) is 23.4 Å². The number of hydrogen-bond donors (Lipinski definition) is 1. The van der Waals surface area contributed by atoms with Crippen LogP contribution in [-0.2, 0) is 4.79 Å². The van der Waals surface area contributed by atoms with Gasteiger partial charge in [0.2, 0.25) is 5.91 Å². The van der Waals surface area contributed by atoms with Gasteiger partial charge in [0.05, 0.1) is 29.8 Å². The summed E-state index contributed by atoms with van der Waals surface area (Å²) in [5.74, 6) is -0.390. The molecule has 1 amide bonds. The summed E-state index contributed by atoms with van der Waals surface area (Å²) in [7, 11) is 1.58. The number of carbonyl (C=O) groups is 1. The largest absolute Gasteiger partial charge is 0.497 e. The van der Waals surface area contributed by atoms with Crippen LogP contribution in [0.25, 0.3) is 11.3 Å². The van der Waals surface area contributed by atoms with E-state index in [1.807, 2.05) is 24.3 Å². The molecule has 0 spiro atoms. The molecule has 0 unspecified atom stereocenters. The maximum atomic E-state index is 13.8. The summed E-state index contributed by atoms with van der Waals surface area (Å²) < 4.78 is 19.1. The predicted octanol–water partition coefficient (Wildman–Crippen LogP) is 5.15. The van der Waals surface area contributed by atoms with Gasteiger partial charge in [-0.3, -0.25) is 4.79 Å². The molecule has 0 fully saturated rings. The molecular weight excluding hydrogens is 413 g/mol. The number of hydrogen-bond acceptors (Lipinski definition) is 5. The van der Waals surface area contributed by atoms with Crippen LogP contribution in [0, 0.1) is 17.1 Å². The first kappa shape index (κ1) is 20.6. The second-order valence-electron chi connectivity index (χ2n) is 5.85. The summed E-state index contributed by atoms with van der Waals surface area (Å²) >= 11 is 6.81. The van der Waals surface area contributed by atoms with Crippen molar-refractivity contribution in [1.29, 1.82) is 5.26 Å². The molecule has 146 valence electrons. The smallest absolute Gasteiger partial charge is 0.234 e. The molecule has 29 heavy (non-hydrogen) atoms. The Kier molecular flexibility index (Phi) is 6.70. The van der Waals surface area contributed by atoms with Crippen LogP contribution in [-0.4, -0.2) is 23.8 Å². The second-order valence-corrected chi connectivity index (χ2v) is 7.25. The van der Waals surface area contributed by atoms with E-state index in [1.54, 1.807) is 19.2 Å². The average molecular weight is 428 g/mol. The Bertz CT molecular complexity index is 1100. The lowest BCUT2D eigenvalue weighted by molar-refractivity contribution is -0.113. The fourth-order valence-electron chi connectivity index (χ4n) is 2.49. The Labute approximate surface area is 176 Å². The molecule has 0 aliphatic heterocycles. The zero-order valence-electron chi connectivity index (χ0n) is 15.3. The third-order valence-corrected chi connectivity index (χ3v) is 5.12. The second kappa shape index (κ2) is 9.41. The molecule has 0 radical (unpaired) electrons. The van der Waals surface area contributed by atoms with E-state index >= 15 is 0 Å². The van der Waals surface area contributed by atoms with Crippen molar-refractivity contribution < 1.29 is 13.9 Å². The normalized spacial score (nSPS) is 10.3. The summed E-state index contributed by atoms with van der Waals surface area (Å²) in [6.07, 6.45) is 0. The Morgan fingerprint density at radius 1 is 1.28 bits per heavy atom. The van der Waals surface area contributed by atoms with Gasteiger partial charge in [-0.15, -0.1) is 0 Å². The van der Waals surface area contributed by atoms with Gasteiger partial charge in [-0.05, 0) is 42.5 Å². The topological polar surface area (TPSA) is 75.0 Å². The van der Waals surface area contributed by atoms with Crippen molar-refractivity contribution >= 4 is 35.0 Å². The summed E-state index contributed by atoms with van der Waals surface area (Å²) in [6, 6.07) is 16.8. The van der Waals surface area contributed by atoms with Crippen LogP contribution in [0.5, 0.6) is 5.75 Å². The van der Waals surface area contributed by atoms with E-state index in [2.05, 4.69) is 16.4 Å². The molecule has 0 aliphatic carbocycles. The van der Waals surface area contributed by atoms with Crippen molar-refractivity contribution in [3.63, 3.8) is 0 Å². The number of nitriles is 1. The van der Waals surface area contributed by atoms with Crippen LogP contribution in [0.4, 0.5) is 10.1 Å². The number of benzene rings is 2. The average Bonchev–Trinajstić information content (AvgIpc) is 2.74. The standard InChI is InChI=1S/C21H15ClFN3O2S/c1-28-16-4-2-3-13(9-16)18-7-5-14(11-24)21(26-18)29-12-20(27)25-19-8-6-15(22)10-17(19)23/h2-10H,12H2,1H3,(H,25,27). The number of pyridine rings is 1. The lowest BCUT2D eigenvalue weighted by Crippen LogP contribution is -2.15. The Morgan fingerprint density at radius 2 is 2.10 bits per heavy atom. The number of nitrogens with one attached hydrogen (secondary N) is 1. The third kappa shape index (κ3) is 5.25. The third-order valence-electron chi connectivity index (χ3n) is 3.89. The molecule has 0 aliphatic rings. The highest BCUT2D eigenvalue weighted by Crippen LogP contribution is 2.27. The Morgan fingerprint density at radius 3 is 2.83 bits per heavy atom. The summed E-state index contributed by atoms with van der Waals surface area (Å²) in [5, 5.41) is 12.5. The van der Waals surface area contributed by atoms with Crippen LogP contribution < -0.4 is 10.1 Å². The quantitative estimate of drug-likeness (QED) is 0.550. The number of ether oxygens (including phenoxy) is 1. The van der Waals surface area contributed by atoms with E-state index in [9.17, 15) is 14.4 Å². The fraction of sp³-hybridized carbons (Fsp3) is 0.0952. The predicted molar refractivity (Wildman–Crippen MR) is 112 cm³/mol. The van der Waals surface area contributed by atoms with Gasteiger partial charge < -0.3 is 10.1 Å². The summed E-state index contributed by atoms with van der Waals surface area (Å²) in [6.45, 7) is 0. The number of aromatic nitrogens is 1. The molecule has 3 rings (SSSR count). The zero-order valence-corrected chi connectivity index (χ0v) is 16.9. The van der Waals surface area contributed by atoms with Gasteiger partial charge in [-0.1, -0.05) is 35.5 Å². The number of anilines is 1. The van der Waals surface area contributed by atoms with Gasteiger partial charge in [0.25, 0.3) is 0 Å². The maximum Gasteiger partial charge on any atom is 0.234 e. The lowest BCUT2D eigenvalue weighted by atomic mass is 10.1. The van der Waals surface area contributed by atoms with Crippen molar-refractivity contribution in [2.45, 2.75) is 5.03 Å². The molecule has 5 nitrogen and oxygen atoms in total. The lowest BCUT2D eigenvalue weighted by Gasteiger charge is -2.09. The Hall–Kier alpha value is -3.08. The minimum atomic E-state index is -0.619. The van der Waals surface area contributed by atoms with Crippen LogP contribution in [0.15, 0.2) is 59.6 Å². The highest BCUT2D eigenvalue weighted by Gasteiger charge is 2.13. The van der Waals surface area contributed by atoms with E-state index < -0.39 is 11.7 Å². The van der Waals surface area contributed by atoms with Crippen molar-refractivity contribution in [1.82, 2.24) is 4.98 Å². The monoisotopic (exact) mass is 427 g/mol. The number of amides is 1. The van der Waals surface area contributed by atoms with Gasteiger partial charge >= 0.3 is 0 Å². The van der Waals surface area contributed by atoms with Crippen molar-refractivity contribution in [2.24, 2.45) is 0 Å². The van der Waals surface area contributed by atoms with Gasteiger partial charge in [-0.2, -0.15) is 5.26 Å². The molecule has 0 atom stereocenters. The number of thioether (sulfide) groups is 1. The zero-order chi connectivity index (χ0) is 20.8. The summed E-state index contributed by atoms with van der Waals surface area (Å²) in [4.78, 5) is 16.7. The van der Waals surface area contributed by atoms with Gasteiger partial charge in [0.1, 0.15) is 22.7 Å². The van der Waals surface area contributed by atoms with E-state index in [4.69, 9.17) is 16.3 Å². The first-order chi connectivity index (χ1) is 14.0. The SMILES string of the molecule is COc1cccc(-c2ccc(C#N)c(SCC(=O)Nc3ccc(Cl)cc3F)n2)c1. The number of halogens is 2. The molecule has 3 aromatic rings. The number of methoxy groups -OCH3 is 1. The van der Waals surface area contributed by atoms with Crippen molar-refractivity contribution in [3.8, 4) is 23.1 Å². The van der Waals surface area contributed by atoms with Gasteiger partial charge in [0.15, 0.2) is 0 Å². The van der Waals surface area contributed by atoms with Crippen LogP contribution in [0.2, 0.25) is 5.02 Å². The highest BCUT2D eigenvalue weighted by atomic mass is 35.5. The molecule has 1 N–H and O–H groups in total. The van der Waals surface area contributed by atoms with Gasteiger partial charge in [0, 0.05) is 10.6 Å². The molecule has 0 bridgehead atoms. The van der Waals surface area contributed by atoms with E-state index in [-0.39, 0.29) is 16.5 Å². The highest BCUT2D eigenvalue weighted by molar-refractivity contribution is 8.00. The minimum absolute atomic E-state index is 0.0364. The van der Waals surface area contributed by atoms with E-state index in [0.29, 0.717) is 22.0 Å². The van der Waals surface area contributed by atoms with Crippen LogP contribution in [0.3, 0.4) is 0 Å². The minimum Gasteiger partial charge on any atom is -0.497 e. The first-order valence-corrected chi connectivity index (χ1v) is 9.80.